The van der Waals surface area contributed by atoms with Crippen LogP contribution in [0, 0.1) is 11.3 Å². The van der Waals surface area contributed by atoms with Crippen LogP contribution in [0.5, 0.6) is 0 Å². The lowest BCUT2D eigenvalue weighted by Gasteiger charge is -2.26. The number of carbonyl (C=O) groups is 1. The van der Waals surface area contributed by atoms with Gasteiger partial charge in [0.05, 0.1) is 45.9 Å². The number of thioether (sulfide) groups is 1. The van der Waals surface area contributed by atoms with Crippen molar-refractivity contribution < 1.29 is 26.7 Å². The zero-order chi connectivity index (χ0) is 25.9. The second-order valence-electron chi connectivity index (χ2n) is 8.75. The van der Waals surface area contributed by atoms with E-state index >= 15 is 0 Å². The third-order valence-electron chi connectivity index (χ3n) is 6.63. The van der Waals surface area contributed by atoms with Gasteiger partial charge in [-0.15, -0.1) is 11.8 Å². The molecule has 2 aromatic carbocycles. The molecular formula is C25H27F2N3O4S2. The average molecular weight is 536 g/mol. The molecule has 2 aromatic rings. The Bertz CT molecular complexity index is 1230. The summed E-state index contributed by atoms with van der Waals surface area (Å²) < 4.78 is 52.9. The molecule has 1 amide bonds. The molecule has 0 saturated carbocycles. The predicted octanol–water partition coefficient (Wildman–Crippen LogP) is 4.30. The van der Waals surface area contributed by atoms with Crippen LogP contribution in [-0.2, 0) is 19.3 Å². The monoisotopic (exact) mass is 535 g/mol. The van der Waals surface area contributed by atoms with Gasteiger partial charge in [0.25, 0.3) is 5.91 Å². The van der Waals surface area contributed by atoms with Gasteiger partial charge in [-0.25, -0.2) is 8.42 Å². The van der Waals surface area contributed by atoms with Crippen LogP contribution in [0.2, 0.25) is 0 Å². The van der Waals surface area contributed by atoms with E-state index in [0.717, 1.165) is 30.6 Å². The van der Waals surface area contributed by atoms with E-state index in [1.54, 1.807) is 55.5 Å². The highest BCUT2D eigenvalue weighted by molar-refractivity contribution is 8.08. The van der Waals surface area contributed by atoms with Crippen LogP contribution in [0.3, 0.4) is 0 Å². The highest BCUT2D eigenvalue weighted by atomic mass is 32.2. The summed E-state index contributed by atoms with van der Waals surface area (Å²) in [6, 6.07) is 15.5. The summed E-state index contributed by atoms with van der Waals surface area (Å²) >= 11 is 1.45. The quantitative estimate of drug-likeness (QED) is 0.453. The zero-order valence-electron chi connectivity index (χ0n) is 19.7. The maximum absolute atomic E-state index is 12.9. The standard InChI is InChI=1S/C25H27F2N3O4S2/c1-2-36(32,33)21-11-7-18(8-12-21)25(13-14-28)23(35-25)29-22(31)17-5-9-19(10-6-17)30-15-3-4-20(30)16-34-24(26)27/h5-12,20,23-24H,2-4,13,15-16H2,1H3,(H,29,31)/t20-,23?,25-/m0/s1. The molecule has 0 spiro atoms. The van der Waals surface area contributed by atoms with E-state index in [9.17, 15) is 27.3 Å². The second-order valence-corrected chi connectivity index (χ2v) is 12.5. The summed E-state index contributed by atoms with van der Waals surface area (Å²) in [5.74, 6) is -0.285. The fraction of sp³-hybridized carbons (Fsp3) is 0.440. The fourth-order valence-electron chi connectivity index (χ4n) is 4.55. The van der Waals surface area contributed by atoms with Crippen LogP contribution in [0.15, 0.2) is 53.4 Å². The number of alkyl halides is 2. The zero-order valence-corrected chi connectivity index (χ0v) is 21.3. The number of sulfone groups is 1. The van der Waals surface area contributed by atoms with Crippen molar-refractivity contribution in [2.24, 2.45) is 0 Å². The van der Waals surface area contributed by atoms with Crippen LogP contribution >= 0.6 is 11.8 Å². The molecule has 0 bridgehead atoms. The lowest BCUT2D eigenvalue weighted by Crippen LogP contribution is -2.34. The van der Waals surface area contributed by atoms with Gasteiger partial charge in [0, 0.05) is 17.8 Å². The van der Waals surface area contributed by atoms with Crippen molar-refractivity contribution in [1.82, 2.24) is 5.32 Å². The number of benzene rings is 2. The third kappa shape index (κ3) is 5.51. The van der Waals surface area contributed by atoms with Crippen LogP contribution in [0.4, 0.5) is 14.5 Å². The third-order valence-corrected chi connectivity index (χ3v) is 9.92. The number of halogens is 2. The Morgan fingerprint density at radius 2 is 1.94 bits per heavy atom. The number of hydrogen-bond acceptors (Lipinski definition) is 7. The number of nitrogens with zero attached hydrogens (tertiary/aromatic N) is 2. The van der Waals surface area contributed by atoms with Crippen molar-refractivity contribution in [2.45, 2.75) is 53.9 Å². The molecule has 4 rings (SSSR count). The molecule has 7 nitrogen and oxygen atoms in total. The van der Waals surface area contributed by atoms with Gasteiger partial charge in [0.2, 0.25) is 0 Å². The van der Waals surface area contributed by atoms with E-state index in [2.05, 4.69) is 16.1 Å². The molecule has 3 atom stereocenters. The minimum absolute atomic E-state index is 0.00378. The first-order valence-electron chi connectivity index (χ1n) is 11.7. The number of rotatable bonds is 10. The van der Waals surface area contributed by atoms with Crippen molar-refractivity contribution in [3.63, 3.8) is 0 Å². The maximum Gasteiger partial charge on any atom is 0.345 e. The van der Waals surface area contributed by atoms with Crippen LogP contribution in [0.25, 0.3) is 0 Å². The van der Waals surface area contributed by atoms with Gasteiger partial charge in [-0.2, -0.15) is 14.0 Å². The lowest BCUT2D eigenvalue weighted by atomic mass is 9.96. The van der Waals surface area contributed by atoms with Crippen molar-refractivity contribution in [3.8, 4) is 6.07 Å². The Labute approximate surface area is 213 Å². The smallest absolute Gasteiger partial charge is 0.345 e. The van der Waals surface area contributed by atoms with Crippen molar-refractivity contribution in [1.29, 1.82) is 5.26 Å². The number of amides is 1. The summed E-state index contributed by atoms with van der Waals surface area (Å²) in [7, 11) is -3.33. The van der Waals surface area contributed by atoms with E-state index < -0.39 is 21.2 Å². The fourth-order valence-corrected chi connectivity index (χ4v) is 6.65. The van der Waals surface area contributed by atoms with Crippen molar-refractivity contribution in [3.05, 3.63) is 59.7 Å². The molecule has 0 aliphatic carbocycles. The number of nitrogens with one attached hydrogen (secondary N) is 1. The Kier molecular flexibility index (Phi) is 7.87. The Morgan fingerprint density at radius 1 is 1.25 bits per heavy atom. The van der Waals surface area contributed by atoms with Crippen LogP contribution < -0.4 is 10.2 Å². The Balaban J connectivity index is 1.42. The van der Waals surface area contributed by atoms with Gasteiger partial charge in [-0.05, 0) is 54.8 Å². The van der Waals surface area contributed by atoms with Crippen LogP contribution in [-0.4, -0.2) is 51.3 Å². The number of anilines is 1. The number of carbonyl (C=O) groups excluding carboxylic acids is 1. The lowest BCUT2D eigenvalue weighted by molar-refractivity contribution is -0.131. The van der Waals surface area contributed by atoms with E-state index in [-0.39, 0.29) is 41.0 Å². The van der Waals surface area contributed by atoms with E-state index in [1.807, 2.05) is 4.90 Å². The van der Waals surface area contributed by atoms with Gasteiger partial charge in [0.1, 0.15) is 0 Å². The molecule has 2 saturated heterocycles. The van der Waals surface area contributed by atoms with Gasteiger partial charge in [-0.1, -0.05) is 19.1 Å². The molecule has 2 heterocycles. The van der Waals surface area contributed by atoms with E-state index in [1.165, 1.54) is 11.8 Å². The summed E-state index contributed by atoms with van der Waals surface area (Å²) in [6.45, 7) is -0.531. The van der Waals surface area contributed by atoms with Gasteiger partial charge in [0.15, 0.2) is 9.84 Å². The highest BCUT2D eigenvalue weighted by Gasteiger charge is 2.57. The van der Waals surface area contributed by atoms with E-state index in [4.69, 9.17) is 0 Å². The van der Waals surface area contributed by atoms with Crippen LogP contribution in [0.1, 0.15) is 42.1 Å². The summed E-state index contributed by atoms with van der Waals surface area (Å²) in [4.78, 5) is 15.2. The topological polar surface area (TPSA) is 99.5 Å². The Hall–Kier alpha value is -2.68. The number of ether oxygens (including phenoxy) is 1. The molecule has 1 unspecified atom stereocenters. The van der Waals surface area contributed by atoms with Gasteiger partial charge in [-0.3, -0.25) is 4.79 Å². The molecule has 11 heteroatoms. The summed E-state index contributed by atoms with van der Waals surface area (Å²) in [5.41, 5.74) is 2.07. The van der Waals surface area contributed by atoms with E-state index in [0.29, 0.717) is 5.56 Å². The highest BCUT2D eigenvalue weighted by Crippen LogP contribution is 2.62. The molecule has 0 radical (unpaired) electrons. The average Bonchev–Trinajstić information content (AvgIpc) is 3.34. The molecule has 2 fully saturated rings. The molecule has 192 valence electrons. The van der Waals surface area contributed by atoms with Gasteiger partial charge < -0.3 is 15.0 Å². The molecule has 2 aliphatic rings. The first-order chi connectivity index (χ1) is 17.2. The molecular weight excluding hydrogens is 508 g/mol. The SMILES string of the molecule is CCS(=O)(=O)c1ccc([C@]2(CC#N)SC2NC(=O)c2ccc(N3CCC[C@H]3COC(F)F)cc2)cc1. The van der Waals surface area contributed by atoms with Gasteiger partial charge >= 0.3 is 6.61 Å². The molecule has 1 N–H and O–H groups in total. The molecule has 0 aromatic heterocycles. The second kappa shape index (κ2) is 10.7. The van der Waals surface area contributed by atoms with Crippen molar-refractivity contribution in [2.75, 3.05) is 23.8 Å². The number of hydrogen-bond donors (Lipinski definition) is 1. The minimum atomic E-state index is -3.33. The number of nitriles is 1. The minimum Gasteiger partial charge on any atom is -0.366 e. The molecule has 2 aliphatic heterocycles. The summed E-state index contributed by atoms with van der Waals surface area (Å²) in [6.07, 6.45) is 1.81. The Morgan fingerprint density at radius 3 is 2.56 bits per heavy atom. The van der Waals surface area contributed by atoms with Crippen molar-refractivity contribution >= 4 is 33.2 Å². The maximum atomic E-state index is 12.9. The normalized spacial score (nSPS) is 23.5. The summed E-state index contributed by atoms with van der Waals surface area (Å²) in [5, 5.41) is 12.0. The molecule has 36 heavy (non-hydrogen) atoms. The first-order valence-corrected chi connectivity index (χ1v) is 14.2. The predicted molar refractivity (Wildman–Crippen MR) is 134 cm³/mol. The first kappa shape index (κ1) is 26.4. The largest absolute Gasteiger partial charge is 0.366 e.